The number of alkyl halides is 1. The summed E-state index contributed by atoms with van der Waals surface area (Å²) < 4.78 is 18.6. The molecule has 8 nitrogen and oxygen atoms in total. The summed E-state index contributed by atoms with van der Waals surface area (Å²) in [6.07, 6.45) is -4.67. The number of hydrogen-bond donors (Lipinski definition) is 4. The molecule has 1 saturated heterocycles. The van der Waals surface area contributed by atoms with Gasteiger partial charge in [0.15, 0.2) is 6.23 Å². The predicted octanol–water partition coefficient (Wildman–Crippen LogP) is -1.04. The second kappa shape index (κ2) is 5.80. The van der Waals surface area contributed by atoms with Gasteiger partial charge < -0.3 is 20.1 Å². The molecule has 1 aliphatic rings. The van der Waals surface area contributed by atoms with Crippen LogP contribution in [0.5, 0.6) is 0 Å². The lowest BCUT2D eigenvalue weighted by Gasteiger charge is -2.16. The van der Waals surface area contributed by atoms with Crippen LogP contribution in [-0.2, 0) is 4.74 Å². The molecule has 1 aliphatic heterocycles. The molecule has 0 unspecified atom stereocenters. The first kappa shape index (κ1) is 15.4. The molecule has 0 saturated carbocycles. The maximum absolute atomic E-state index is 12.5. The number of nitrogens with one attached hydrogen (secondary N) is 1. The highest BCUT2D eigenvalue weighted by atomic mass is 19.1. The Morgan fingerprint density at radius 3 is 2.67 bits per heavy atom. The third-order valence-corrected chi connectivity index (χ3v) is 3.27. The van der Waals surface area contributed by atoms with Crippen molar-refractivity contribution in [3.05, 3.63) is 44.4 Å². The van der Waals surface area contributed by atoms with E-state index in [4.69, 9.17) is 4.74 Å². The lowest BCUT2D eigenvalue weighted by molar-refractivity contribution is -0.0395. The Morgan fingerprint density at radius 1 is 1.43 bits per heavy atom. The molecule has 1 aromatic heterocycles. The van der Waals surface area contributed by atoms with E-state index in [1.807, 2.05) is 4.98 Å². The van der Waals surface area contributed by atoms with Crippen molar-refractivity contribution in [1.29, 1.82) is 0 Å². The van der Waals surface area contributed by atoms with Crippen LogP contribution in [0.15, 0.2) is 33.2 Å². The van der Waals surface area contributed by atoms with Crippen LogP contribution in [0.2, 0.25) is 0 Å². The second-order valence-corrected chi connectivity index (χ2v) is 4.75. The van der Waals surface area contributed by atoms with E-state index in [0.717, 1.165) is 16.8 Å². The molecule has 0 aromatic carbocycles. The second-order valence-electron chi connectivity index (χ2n) is 4.75. The summed E-state index contributed by atoms with van der Waals surface area (Å²) in [7, 11) is 0. The van der Waals surface area contributed by atoms with E-state index >= 15 is 0 Å². The van der Waals surface area contributed by atoms with Crippen molar-refractivity contribution in [2.45, 2.75) is 31.5 Å². The van der Waals surface area contributed by atoms with Gasteiger partial charge in [0.25, 0.3) is 5.56 Å². The topological polar surface area (TPSA) is 125 Å². The van der Waals surface area contributed by atoms with Crippen molar-refractivity contribution in [1.82, 2.24) is 9.55 Å². The summed E-state index contributed by atoms with van der Waals surface area (Å²) in [6, 6.07) is 1.04. The number of nitrogens with zero attached hydrogens (tertiary/aromatic N) is 1. The summed E-state index contributed by atoms with van der Waals surface area (Å²) in [6.45, 7) is 0.356. The molecule has 4 atom stereocenters. The van der Waals surface area contributed by atoms with Crippen LogP contribution in [0.3, 0.4) is 0 Å². The zero-order valence-electron chi connectivity index (χ0n) is 11.1. The van der Waals surface area contributed by atoms with Crippen molar-refractivity contribution in [3.63, 3.8) is 0 Å². The standard InChI is InChI=1S/C12H15FN2O6/c1-5(4-13)7(17)10-8(18)9(19)11(21-10)15-3-2-6(16)14-12(15)20/h2-3,8-11,17-19H,4H2,1H3,(H,14,16,20)/b7-5-/t8-,9+,10+,11+/m0/s1. The first-order valence-electron chi connectivity index (χ1n) is 6.14. The van der Waals surface area contributed by atoms with Gasteiger partial charge in [0, 0.05) is 12.3 Å². The van der Waals surface area contributed by atoms with Crippen LogP contribution in [0.1, 0.15) is 13.2 Å². The van der Waals surface area contributed by atoms with Gasteiger partial charge in [0.1, 0.15) is 30.7 Å². The molecule has 21 heavy (non-hydrogen) atoms. The summed E-state index contributed by atoms with van der Waals surface area (Å²) in [5.41, 5.74) is -1.53. The summed E-state index contributed by atoms with van der Waals surface area (Å²) in [5.74, 6) is -0.538. The summed E-state index contributed by atoms with van der Waals surface area (Å²) >= 11 is 0. The predicted molar refractivity (Wildman–Crippen MR) is 68.6 cm³/mol. The Kier molecular flexibility index (Phi) is 4.26. The maximum atomic E-state index is 12.5. The van der Waals surface area contributed by atoms with E-state index in [1.54, 1.807) is 0 Å². The largest absolute Gasteiger partial charge is 0.509 e. The van der Waals surface area contributed by atoms with Gasteiger partial charge in [0.05, 0.1) is 0 Å². The van der Waals surface area contributed by atoms with Gasteiger partial charge in [0.2, 0.25) is 0 Å². The minimum Gasteiger partial charge on any atom is -0.509 e. The third kappa shape index (κ3) is 2.75. The van der Waals surface area contributed by atoms with Crippen LogP contribution in [0.25, 0.3) is 0 Å². The number of ether oxygens (including phenoxy) is 1. The average molecular weight is 302 g/mol. The number of aliphatic hydroxyl groups is 3. The Balaban J connectivity index is 2.36. The van der Waals surface area contributed by atoms with Gasteiger partial charge in [-0.3, -0.25) is 14.3 Å². The van der Waals surface area contributed by atoms with Crippen molar-refractivity contribution in [2.75, 3.05) is 6.67 Å². The number of rotatable bonds is 3. The van der Waals surface area contributed by atoms with Gasteiger partial charge >= 0.3 is 5.69 Å². The number of halogens is 1. The van der Waals surface area contributed by atoms with E-state index < -0.39 is 48.2 Å². The van der Waals surface area contributed by atoms with Crippen LogP contribution in [0, 0.1) is 0 Å². The maximum Gasteiger partial charge on any atom is 0.330 e. The van der Waals surface area contributed by atoms with Crippen LogP contribution in [0.4, 0.5) is 4.39 Å². The zero-order chi connectivity index (χ0) is 15.7. The van der Waals surface area contributed by atoms with E-state index in [2.05, 4.69) is 0 Å². The molecule has 2 rings (SSSR count). The van der Waals surface area contributed by atoms with E-state index in [1.165, 1.54) is 6.92 Å². The molecule has 1 aromatic rings. The zero-order valence-corrected chi connectivity index (χ0v) is 11.1. The number of aromatic nitrogens is 2. The highest BCUT2D eigenvalue weighted by Crippen LogP contribution is 2.32. The van der Waals surface area contributed by atoms with Gasteiger partial charge in [-0.15, -0.1) is 0 Å². The molecule has 0 bridgehead atoms. The highest BCUT2D eigenvalue weighted by molar-refractivity contribution is 5.14. The van der Waals surface area contributed by atoms with Crippen LogP contribution >= 0.6 is 0 Å². The van der Waals surface area contributed by atoms with E-state index in [-0.39, 0.29) is 5.57 Å². The molecule has 9 heteroatoms. The van der Waals surface area contributed by atoms with Crippen LogP contribution < -0.4 is 11.2 Å². The summed E-state index contributed by atoms with van der Waals surface area (Å²) in [4.78, 5) is 24.6. The molecule has 2 heterocycles. The Bertz CT molecular complexity index is 666. The molecule has 0 amide bonds. The van der Waals surface area contributed by atoms with Crippen LogP contribution in [-0.4, -0.2) is 49.9 Å². The molecular formula is C12H15FN2O6. The lowest BCUT2D eigenvalue weighted by Crippen LogP contribution is -2.37. The highest BCUT2D eigenvalue weighted by Gasteiger charge is 2.46. The molecule has 0 radical (unpaired) electrons. The van der Waals surface area contributed by atoms with Gasteiger partial charge in [-0.25, -0.2) is 9.18 Å². The first-order valence-corrected chi connectivity index (χ1v) is 6.14. The van der Waals surface area contributed by atoms with Gasteiger partial charge in [-0.05, 0) is 12.5 Å². The van der Waals surface area contributed by atoms with Gasteiger partial charge in [-0.1, -0.05) is 0 Å². The third-order valence-electron chi connectivity index (χ3n) is 3.27. The fraction of sp³-hybridized carbons (Fsp3) is 0.500. The number of hydrogen-bond acceptors (Lipinski definition) is 6. The minimum absolute atomic E-state index is 0.0549. The van der Waals surface area contributed by atoms with E-state index in [9.17, 15) is 29.3 Å². The lowest BCUT2D eigenvalue weighted by atomic mass is 10.1. The quantitative estimate of drug-likeness (QED) is 0.528. The first-order chi connectivity index (χ1) is 9.86. The molecule has 4 N–H and O–H groups in total. The number of aliphatic hydroxyl groups excluding tert-OH is 3. The van der Waals surface area contributed by atoms with E-state index in [0.29, 0.717) is 0 Å². The van der Waals surface area contributed by atoms with Gasteiger partial charge in [-0.2, -0.15) is 0 Å². The van der Waals surface area contributed by atoms with Crippen molar-refractivity contribution in [2.24, 2.45) is 0 Å². The number of allylic oxidation sites excluding steroid dienone is 1. The Morgan fingerprint density at radius 2 is 2.10 bits per heavy atom. The monoisotopic (exact) mass is 302 g/mol. The van der Waals surface area contributed by atoms with Crippen molar-refractivity contribution in [3.8, 4) is 0 Å². The molecular weight excluding hydrogens is 287 g/mol. The molecule has 1 fully saturated rings. The minimum atomic E-state index is -1.55. The van der Waals surface area contributed by atoms with Crippen molar-refractivity contribution >= 4 is 0 Å². The average Bonchev–Trinajstić information content (AvgIpc) is 2.74. The SMILES string of the molecule is C/C(CF)=C(/O)[C@H]1O[C@@H](n2ccc(=O)[nH]c2=O)[C@H](O)[C@@H]1O. The van der Waals surface area contributed by atoms with Crippen molar-refractivity contribution < 1.29 is 24.4 Å². The normalized spacial score (nSPS) is 30.3. The number of aromatic amines is 1. The summed E-state index contributed by atoms with van der Waals surface area (Å²) in [5, 5.41) is 29.6. The molecule has 0 spiro atoms. The number of H-pyrrole nitrogens is 1. The molecule has 0 aliphatic carbocycles. The molecule has 116 valence electrons. The fourth-order valence-corrected chi connectivity index (χ4v) is 2.05. The Hall–Kier alpha value is -1.97. The Labute approximate surface area is 117 Å². The fourth-order valence-electron chi connectivity index (χ4n) is 2.05. The smallest absolute Gasteiger partial charge is 0.330 e.